The van der Waals surface area contributed by atoms with E-state index in [1.807, 2.05) is 18.2 Å². The van der Waals surface area contributed by atoms with Gasteiger partial charge in [0.1, 0.15) is 5.76 Å². The van der Waals surface area contributed by atoms with E-state index in [0.717, 1.165) is 24.3 Å². The van der Waals surface area contributed by atoms with E-state index >= 15 is 0 Å². The summed E-state index contributed by atoms with van der Waals surface area (Å²) >= 11 is 6.32. The smallest absolute Gasteiger partial charge is 0.185 e. The number of halogens is 1. The van der Waals surface area contributed by atoms with Crippen LogP contribution in [0.25, 0.3) is 11.3 Å². The number of benzene rings is 1. The summed E-state index contributed by atoms with van der Waals surface area (Å²) in [5, 5.41) is 0.685. The molecule has 0 N–H and O–H groups in total. The molecule has 0 saturated heterocycles. The first-order chi connectivity index (χ1) is 9.21. The van der Waals surface area contributed by atoms with E-state index in [1.165, 1.54) is 0 Å². The Hall–Kier alpha value is -1.74. The summed E-state index contributed by atoms with van der Waals surface area (Å²) in [5.41, 5.74) is 1.85. The maximum atomic E-state index is 10.7. The molecule has 1 heterocycles. The van der Waals surface area contributed by atoms with Crippen LogP contribution in [0.5, 0.6) is 0 Å². The third-order valence-electron chi connectivity index (χ3n) is 3.07. The normalized spacial score (nSPS) is 10.5. The number of nitrogens with zero attached hydrogens (tertiary/aromatic N) is 1. The van der Waals surface area contributed by atoms with E-state index in [1.54, 1.807) is 12.1 Å². The van der Waals surface area contributed by atoms with E-state index in [4.69, 9.17) is 16.0 Å². The fraction of sp³-hybridized carbons (Fsp3) is 0.267. The number of para-hydroxylation sites is 1. The number of rotatable bonds is 5. The number of carbonyl (C=O) groups excluding carboxylic acids is 1. The quantitative estimate of drug-likeness (QED) is 0.766. The van der Waals surface area contributed by atoms with Gasteiger partial charge in [0.15, 0.2) is 12.0 Å². The molecule has 0 spiro atoms. The molecule has 0 unspecified atom stereocenters. The Bertz CT molecular complexity index is 573. The Morgan fingerprint density at radius 3 is 2.53 bits per heavy atom. The molecule has 19 heavy (non-hydrogen) atoms. The summed E-state index contributed by atoms with van der Waals surface area (Å²) in [7, 11) is 0. The molecular weight excluding hydrogens is 262 g/mol. The summed E-state index contributed by atoms with van der Waals surface area (Å²) in [6.45, 7) is 5.87. The van der Waals surface area contributed by atoms with E-state index < -0.39 is 0 Å². The van der Waals surface area contributed by atoms with Crippen LogP contribution >= 0.6 is 11.6 Å². The number of aldehydes is 1. The summed E-state index contributed by atoms with van der Waals surface area (Å²) < 4.78 is 5.50. The van der Waals surface area contributed by atoms with Gasteiger partial charge in [0.05, 0.1) is 10.7 Å². The molecule has 1 aromatic heterocycles. The number of carbonyl (C=O) groups is 1. The van der Waals surface area contributed by atoms with E-state index in [-0.39, 0.29) is 0 Å². The van der Waals surface area contributed by atoms with Crippen molar-refractivity contribution in [2.24, 2.45) is 0 Å². The average molecular weight is 278 g/mol. The molecule has 0 amide bonds. The first kappa shape index (κ1) is 13.7. The van der Waals surface area contributed by atoms with Gasteiger partial charge < -0.3 is 9.32 Å². The van der Waals surface area contributed by atoms with Gasteiger partial charge in [-0.25, -0.2) is 0 Å². The Labute approximate surface area is 117 Å². The van der Waals surface area contributed by atoms with Crippen molar-refractivity contribution in [1.29, 1.82) is 0 Å². The van der Waals surface area contributed by atoms with Crippen LogP contribution in [0.3, 0.4) is 0 Å². The van der Waals surface area contributed by atoms with Gasteiger partial charge in [-0.3, -0.25) is 4.79 Å². The van der Waals surface area contributed by atoms with Gasteiger partial charge in [-0.15, -0.1) is 0 Å². The highest BCUT2D eigenvalue weighted by molar-refractivity contribution is 6.34. The summed E-state index contributed by atoms with van der Waals surface area (Å²) in [5.74, 6) is 0.979. The zero-order valence-electron chi connectivity index (χ0n) is 11.0. The van der Waals surface area contributed by atoms with Crippen molar-refractivity contribution >= 4 is 23.6 Å². The van der Waals surface area contributed by atoms with Crippen LogP contribution in [0.2, 0.25) is 5.02 Å². The van der Waals surface area contributed by atoms with Crippen LogP contribution in [-0.4, -0.2) is 19.4 Å². The van der Waals surface area contributed by atoms with Crippen molar-refractivity contribution in [1.82, 2.24) is 0 Å². The van der Waals surface area contributed by atoms with Gasteiger partial charge >= 0.3 is 0 Å². The van der Waals surface area contributed by atoms with Gasteiger partial charge in [0, 0.05) is 18.7 Å². The maximum absolute atomic E-state index is 10.7. The third-order valence-corrected chi connectivity index (χ3v) is 3.38. The molecule has 1 aromatic carbocycles. The minimum Gasteiger partial charge on any atom is -0.453 e. The maximum Gasteiger partial charge on any atom is 0.185 e. The van der Waals surface area contributed by atoms with Crippen molar-refractivity contribution < 1.29 is 9.21 Å². The molecule has 0 aliphatic heterocycles. The lowest BCUT2D eigenvalue weighted by molar-refractivity contribution is 0.110. The SMILES string of the molecule is CCN(CC)c1c(Cl)cccc1-c1ccc(C=O)o1. The number of hydrogen-bond acceptors (Lipinski definition) is 3. The summed E-state index contributed by atoms with van der Waals surface area (Å²) in [6.07, 6.45) is 0.700. The van der Waals surface area contributed by atoms with Crippen molar-refractivity contribution in [3.63, 3.8) is 0 Å². The van der Waals surface area contributed by atoms with Gasteiger partial charge in [0.25, 0.3) is 0 Å². The van der Waals surface area contributed by atoms with Gasteiger partial charge in [-0.1, -0.05) is 17.7 Å². The Morgan fingerprint density at radius 1 is 1.21 bits per heavy atom. The predicted octanol–water partition coefficient (Wildman–Crippen LogP) is 4.26. The van der Waals surface area contributed by atoms with Crippen LogP contribution in [-0.2, 0) is 0 Å². The average Bonchev–Trinajstić information content (AvgIpc) is 2.90. The van der Waals surface area contributed by atoms with Crippen molar-refractivity contribution in [2.45, 2.75) is 13.8 Å². The number of anilines is 1. The van der Waals surface area contributed by atoms with E-state index in [0.29, 0.717) is 22.8 Å². The second-order valence-electron chi connectivity index (χ2n) is 4.13. The minimum atomic E-state index is 0.320. The van der Waals surface area contributed by atoms with Crippen molar-refractivity contribution in [3.8, 4) is 11.3 Å². The Morgan fingerprint density at radius 2 is 1.95 bits per heavy atom. The number of furan rings is 1. The topological polar surface area (TPSA) is 33.5 Å². The van der Waals surface area contributed by atoms with Crippen LogP contribution in [0.4, 0.5) is 5.69 Å². The van der Waals surface area contributed by atoms with Crippen LogP contribution in [0.15, 0.2) is 34.7 Å². The molecule has 3 nitrogen and oxygen atoms in total. The molecule has 2 rings (SSSR count). The highest BCUT2D eigenvalue weighted by atomic mass is 35.5. The molecular formula is C15H16ClNO2. The van der Waals surface area contributed by atoms with E-state index in [2.05, 4.69) is 18.7 Å². The molecule has 100 valence electrons. The molecule has 4 heteroatoms. The summed E-state index contributed by atoms with van der Waals surface area (Å²) in [6, 6.07) is 9.15. The fourth-order valence-corrected chi connectivity index (χ4v) is 2.43. The second kappa shape index (κ2) is 5.93. The van der Waals surface area contributed by atoms with Crippen LogP contribution in [0, 0.1) is 0 Å². The highest BCUT2D eigenvalue weighted by Crippen LogP contribution is 2.37. The lowest BCUT2D eigenvalue weighted by Gasteiger charge is -2.24. The van der Waals surface area contributed by atoms with E-state index in [9.17, 15) is 4.79 Å². The summed E-state index contributed by atoms with van der Waals surface area (Å²) in [4.78, 5) is 12.9. The zero-order chi connectivity index (χ0) is 13.8. The predicted molar refractivity (Wildman–Crippen MR) is 78.1 cm³/mol. The molecule has 0 aliphatic rings. The number of hydrogen-bond donors (Lipinski definition) is 0. The molecule has 0 atom stereocenters. The third kappa shape index (κ3) is 2.66. The lowest BCUT2D eigenvalue weighted by atomic mass is 10.1. The fourth-order valence-electron chi connectivity index (χ4n) is 2.14. The Kier molecular flexibility index (Phi) is 4.27. The molecule has 0 saturated carbocycles. The van der Waals surface area contributed by atoms with Gasteiger partial charge in [-0.05, 0) is 38.1 Å². The lowest BCUT2D eigenvalue weighted by Crippen LogP contribution is -2.22. The minimum absolute atomic E-state index is 0.320. The van der Waals surface area contributed by atoms with Crippen LogP contribution in [0.1, 0.15) is 24.4 Å². The monoisotopic (exact) mass is 277 g/mol. The first-order valence-corrected chi connectivity index (χ1v) is 6.67. The first-order valence-electron chi connectivity index (χ1n) is 6.30. The molecule has 0 radical (unpaired) electrons. The van der Waals surface area contributed by atoms with Crippen LogP contribution < -0.4 is 4.90 Å². The standard InChI is InChI=1S/C15H16ClNO2/c1-3-17(4-2)15-12(6-5-7-13(15)16)14-9-8-11(10-18)19-14/h5-10H,3-4H2,1-2H3. The Balaban J connectivity index is 2.56. The molecule has 0 bridgehead atoms. The van der Waals surface area contributed by atoms with Crippen molar-refractivity contribution in [2.75, 3.05) is 18.0 Å². The van der Waals surface area contributed by atoms with Gasteiger partial charge in [-0.2, -0.15) is 0 Å². The second-order valence-corrected chi connectivity index (χ2v) is 4.54. The van der Waals surface area contributed by atoms with Crippen molar-refractivity contribution in [3.05, 3.63) is 41.1 Å². The molecule has 0 fully saturated rings. The molecule has 0 aliphatic carbocycles. The molecule has 2 aromatic rings. The van der Waals surface area contributed by atoms with Gasteiger partial charge in [0.2, 0.25) is 0 Å². The zero-order valence-corrected chi connectivity index (χ0v) is 11.8. The highest BCUT2D eigenvalue weighted by Gasteiger charge is 2.16. The largest absolute Gasteiger partial charge is 0.453 e.